The maximum atomic E-state index is 11.8. The number of primary amides is 1. The Morgan fingerprint density at radius 1 is 1.10 bits per heavy atom. The molecule has 2 fully saturated rings. The Morgan fingerprint density at radius 3 is 2.10 bits per heavy atom. The number of carboxylic acid groups (broad SMARTS) is 1. The Kier molecular flexibility index (Phi) is 7.82. The average Bonchev–Trinajstić information content (AvgIpc) is 2.68. The molecule has 3 N–H and O–H groups in total. The van der Waals surface area contributed by atoms with E-state index >= 15 is 0 Å². The van der Waals surface area contributed by atoms with E-state index in [-0.39, 0.29) is 0 Å². The zero-order valence-corrected chi connectivity index (χ0v) is 17.0. The van der Waals surface area contributed by atoms with Crippen LogP contribution in [0, 0.1) is 5.92 Å². The van der Waals surface area contributed by atoms with Gasteiger partial charge in [0.2, 0.25) is 5.95 Å². The second-order valence-electron chi connectivity index (χ2n) is 7.53. The van der Waals surface area contributed by atoms with Crippen molar-refractivity contribution in [1.82, 2.24) is 14.9 Å². The maximum Gasteiger partial charge on any atom is 0.490 e. The first-order valence-electron chi connectivity index (χ1n) is 9.64. The van der Waals surface area contributed by atoms with E-state index in [0.29, 0.717) is 17.3 Å². The molecule has 30 heavy (non-hydrogen) atoms. The minimum absolute atomic E-state index is 0.428. The third-order valence-electron chi connectivity index (χ3n) is 5.13. The molecule has 0 spiro atoms. The van der Waals surface area contributed by atoms with Crippen molar-refractivity contribution in [1.29, 1.82) is 0 Å². The van der Waals surface area contributed by atoms with Gasteiger partial charge < -0.3 is 25.5 Å². The standard InChI is InChI=1S/C16H26N6O.C2HF3O2/c1-12-3-5-21(6-4-12)15-13(14(17)23)11-18-16(19-15)22-9-7-20(2)8-10-22;3-2(4,5)1(6)7/h11-12H,3-10H2,1-2H3,(H2,17,23);(H,6,7). The lowest BCUT2D eigenvalue weighted by molar-refractivity contribution is -0.192. The number of aliphatic carboxylic acids is 1. The van der Waals surface area contributed by atoms with E-state index in [1.807, 2.05) is 0 Å². The molecule has 0 aromatic carbocycles. The van der Waals surface area contributed by atoms with Crippen LogP contribution in [0.15, 0.2) is 6.20 Å². The molecule has 0 aliphatic carbocycles. The van der Waals surface area contributed by atoms with Crippen LogP contribution in [0.5, 0.6) is 0 Å². The molecule has 2 saturated heterocycles. The highest BCUT2D eigenvalue weighted by atomic mass is 19.4. The molecule has 0 atom stereocenters. The molecule has 168 valence electrons. The predicted octanol–water partition coefficient (Wildman–Crippen LogP) is 1.20. The molecule has 2 aliphatic rings. The first-order valence-corrected chi connectivity index (χ1v) is 9.64. The Labute approximate surface area is 172 Å². The van der Waals surface area contributed by atoms with Gasteiger partial charge in [0.05, 0.1) is 0 Å². The van der Waals surface area contributed by atoms with Crippen molar-refractivity contribution >= 4 is 23.6 Å². The van der Waals surface area contributed by atoms with E-state index in [1.165, 1.54) is 0 Å². The lowest BCUT2D eigenvalue weighted by atomic mass is 9.99. The van der Waals surface area contributed by atoms with Gasteiger partial charge in [-0.1, -0.05) is 6.92 Å². The van der Waals surface area contributed by atoms with Crippen LogP contribution in [-0.2, 0) is 4.79 Å². The first-order chi connectivity index (χ1) is 14.0. The fourth-order valence-electron chi connectivity index (χ4n) is 3.16. The minimum atomic E-state index is -5.08. The summed E-state index contributed by atoms with van der Waals surface area (Å²) in [7, 11) is 2.12. The molecule has 12 heteroatoms. The van der Waals surface area contributed by atoms with Crippen molar-refractivity contribution in [3.05, 3.63) is 11.8 Å². The SMILES string of the molecule is CC1CCN(c2nc(N3CCN(C)CC3)ncc2C(N)=O)CC1.O=C(O)C(F)(F)F. The van der Waals surface area contributed by atoms with E-state index in [2.05, 4.69) is 33.7 Å². The minimum Gasteiger partial charge on any atom is -0.475 e. The van der Waals surface area contributed by atoms with Crippen LogP contribution in [-0.4, -0.2) is 84.3 Å². The number of likely N-dealkylation sites (N-methyl/N-ethyl adjacent to an activating group) is 1. The number of rotatable bonds is 3. The largest absolute Gasteiger partial charge is 0.490 e. The third-order valence-corrected chi connectivity index (χ3v) is 5.13. The highest BCUT2D eigenvalue weighted by molar-refractivity contribution is 5.97. The van der Waals surface area contributed by atoms with Crippen LogP contribution in [0.1, 0.15) is 30.1 Å². The number of carbonyl (C=O) groups is 2. The van der Waals surface area contributed by atoms with Gasteiger partial charge in [-0.2, -0.15) is 18.2 Å². The number of carbonyl (C=O) groups excluding carboxylic acids is 1. The number of amides is 1. The Bertz CT molecular complexity index is 745. The molecule has 0 bridgehead atoms. The molecule has 2 aliphatic heterocycles. The molecule has 3 heterocycles. The smallest absolute Gasteiger partial charge is 0.475 e. The van der Waals surface area contributed by atoms with E-state index in [4.69, 9.17) is 20.6 Å². The molecule has 1 aromatic rings. The zero-order valence-electron chi connectivity index (χ0n) is 17.0. The summed E-state index contributed by atoms with van der Waals surface area (Å²) in [6.07, 6.45) is -1.26. The Morgan fingerprint density at radius 2 is 1.63 bits per heavy atom. The monoisotopic (exact) mass is 432 g/mol. The summed E-state index contributed by atoms with van der Waals surface area (Å²) in [6.45, 7) is 7.91. The number of aromatic nitrogens is 2. The summed E-state index contributed by atoms with van der Waals surface area (Å²) < 4.78 is 31.7. The van der Waals surface area contributed by atoms with Gasteiger partial charge in [-0.25, -0.2) is 9.78 Å². The summed E-state index contributed by atoms with van der Waals surface area (Å²) in [5.74, 6) is -1.08. The molecule has 1 aromatic heterocycles. The lowest BCUT2D eigenvalue weighted by Gasteiger charge is -2.35. The summed E-state index contributed by atoms with van der Waals surface area (Å²) in [5.41, 5.74) is 5.96. The number of piperidine rings is 1. The van der Waals surface area contributed by atoms with Gasteiger partial charge in [-0.3, -0.25) is 4.79 Å². The number of anilines is 2. The van der Waals surface area contributed by atoms with Crippen LogP contribution in [0.4, 0.5) is 24.9 Å². The summed E-state index contributed by atoms with van der Waals surface area (Å²) >= 11 is 0. The van der Waals surface area contributed by atoms with E-state index in [9.17, 15) is 18.0 Å². The molecular formula is C18H27F3N6O3. The first kappa shape index (κ1) is 23.6. The van der Waals surface area contributed by atoms with Crippen molar-refractivity contribution < 1.29 is 27.9 Å². The number of carboxylic acids is 1. The van der Waals surface area contributed by atoms with Gasteiger partial charge in [-0.15, -0.1) is 0 Å². The lowest BCUT2D eigenvalue weighted by Crippen LogP contribution is -2.45. The van der Waals surface area contributed by atoms with Crippen LogP contribution in [0.3, 0.4) is 0 Å². The van der Waals surface area contributed by atoms with Crippen molar-refractivity contribution in [3.8, 4) is 0 Å². The summed E-state index contributed by atoms with van der Waals surface area (Å²) in [4.78, 5) is 36.4. The second kappa shape index (κ2) is 9.92. The van der Waals surface area contributed by atoms with E-state index in [0.717, 1.165) is 58.0 Å². The van der Waals surface area contributed by atoms with Crippen LogP contribution < -0.4 is 15.5 Å². The summed E-state index contributed by atoms with van der Waals surface area (Å²) in [5, 5.41) is 7.12. The number of piperazine rings is 1. The predicted molar refractivity (Wildman–Crippen MR) is 105 cm³/mol. The quantitative estimate of drug-likeness (QED) is 0.732. The Hall–Kier alpha value is -2.63. The number of nitrogens with zero attached hydrogens (tertiary/aromatic N) is 5. The summed E-state index contributed by atoms with van der Waals surface area (Å²) in [6, 6.07) is 0. The normalized spacial score (nSPS) is 18.6. The maximum absolute atomic E-state index is 11.8. The van der Waals surface area contributed by atoms with Crippen LogP contribution in [0.2, 0.25) is 0 Å². The topological polar surface area (TPSA) is 116 Å². The molecule has 0 unspecified atom stereocenters. The van der Waals surface area contributed by atoms with Crippen molar-refractivity contribution in [2.45, 2.75) is 25.9 Å². The van der Waals surface area contributed by atoms with Crippen molar-refractivity contribution in [3.63, 3.8) is 0 Å². The number of alkyl halides is 3. The molecule has 9 nitrogen and oxygen atoms in total. The van der Waals surface area contributed by atoms with Gasteiger partial charge in [-0.05, 0) is 25.8 Å². The van der Waals surface area contributed by atoms with Gasteiger partial charge >= 0.3 is 12.1 Å². The fourth-order valence-corrected chi connectivity index (χ4v) is 3.16. The molecular weight excluding hydrogens is 405 g/mol. The van der Waals surface area contributed by atoms with Gasteiger partial charge in [0.15, 0.2) is 0 Å². The van der Waals surface area contributed by atoms with Gasteiger partial charge in [0, 0.05) is 45.5 Å². The van der Waals surface area contributed by atoms with Crippen molar-refractivity contribution in [2.75, 3.05) is 56.1 Å². The number of hydrogen-bond donors (Lipinski definition) is 2. The molecule has 1 amide bonds. The number of halogens is 3. The zero-order chi connectivity index (χ0) is 22.5. The Balaban J connectivity index is 0.000000396. The second-order valence-corrected chi connectivity index (χ2v) is 7.53. The number of hydrogen-bond acceptors (Lipinski definition) is 7. The fraction of sp³-hybridized carbons (Fsp3) is 0.667. The van der Waals surface area contributed by atoms with E-state index < -0.39 is 18.1 Å². The third kappa shape index (κ3) is 6.44. The number of nitrogens with two attached hydrogens (primary N) is 1. The molecule has 0 radical (unpaired) electrons. The average molecular weight is 432 g/mol. The van der Waals surface area contributed by atoms with Crippen LogP contribution >= 0.6 is 0 Å². The van der Waals surface area contributed by atoms with Gasteiger partial charge in [0.1, 0.15) is 11.4 Å². The highest BCUT2D eigenvalue weighted by Gasteiger charge is 2.38. The van der Waals surface area contributed by atoms with E-state index in [1.54, 1.807) is 6.20 Å². The van der Waals surface area contributed by atoms with Gasteiger partial charge in [0.25, 0.3) is 5.91 Å². The molecule has 0 saturated carbocycles. The van der Waals surface area contributed by atoms with Crippen LogP contribution in [0.25, 0.3) is 0 Å². The molecule has 3 rings (SSSR count). The highest BCUT2D eigenvalue weighted by Crippen LogP contribution is 2.26. The van der Waals surface area contributed by atoms with Crippen molar-refractivity contribution in [2.24, 2.45) is 11.7 Å².